The van der Waals surface area contributed by atoms with Gasteiger partial charge in [0.1, 0.15) is 0 Å². The Morgan fingerprint density at radius 2 is 1.37 bits per heavy atom. The van der Waals surface area contributed by atoms with Crippen molar-refractivity contribution in [2.45, 2.75) is 70.3 Å². The van der Waals surface area contributed by atoms with E-state index in [4.69, 9.17) is 5.11 Å². The van der Waals surface area contributed by atoms with Crippen LogP contribution in [-0.4, -0.2) is 44.1 Å². The van der Waals surface area contributed by atoms with Crippen LogP contribution in [0.2, 0.25) is 0 Å². The van der Waals surface area contributed by atoms with Crippen molar-refractivity contribution in [3.8, 4) is 11.4 Å². The third-order valence-electron chi connectivity index (χ3n) is 7.48. The molecule has 0 fully saturated rings. The predicted molar refractivity (Wildman–Crippen MR) is 142 cm³/mol. The minimum Gasteiger partial charge on any atom is -0.481 e. The van der Waals surface area contributed by atoms with Crippen molar-refractivity contribution >= 4 is 12.0 Å². The van der Waals surface area contributed by atoms with Crippen LogP contribution >= 0.6 is 0 Å². The number of aryl methyl sites for hydroxylation is 2. The van der Waals surface area contributed by atoms with Gasteiger partial charge in [0.25, 0.3) is 5.60 Å². The van der Waals surface area contributed by atoms with Crippen molar-refractivity contribution in [2.75, 3.05) is 0 Å². The average Bonchev–Trinajstić information content (AvgIpc) is 2.88. The number of halogens is 6. The van der Waals surface area contributed by atoms with Crippen molar-refractivity contribution in [1.29, 1.82) is 0 Å². The summed E-state index contributed by atoms with van der Waals surface area (Å²) in [6, 6.07) is 10.7. The number of carboxylic acid groups (broad SMARTS) is 1. The van der Waals surface area contributed by atoms with Crippen LogP contribution in [0.4, 0.5) is 26.3 Å². The molecule has 0 saturated carbocycles. The van der Waals surface area contributed by atoms with Crippen LogP contribution in [0.3, 0.4) is 0 Å². The molecule has 2 aromatic carbocycles. The van der Waals surface area contributed by atoms with Gasteiger partial charge >= 0.3 is 18.3 Å². The fourth-order valence-electron chi connectivity index (χ4n) is 4.93. The number of benzene rings is 2. The van der Waals surface area contributed by atoms with Crippen LogP contribution in [0.25, 0.3) is 17.5 Å². The second-order valence-electron chi connectivity index (χ2n) is 9.97. The monoisotopic (exact) mass is 580 g/mol. The number of nitrogens with zero attached hydrogens (tertiary/aromatic N) is 2. The normalized spacial score (nSPS) is 13.1. The first-order valence-corrected chi connectivity index (χ1v) is 12.8. The SMILES string of the molecule is CCC(CC)(c1ccc(C=CC(O)(C(F)(F)F)C(F)(F)F)c(C)c1)c1ccc(-c2ncc(CC(=O)O)cn2)c(C)c1. The second kappa shape index (κ2) is 11.6. The van der Waals surface area contributed by atoms with Crippen LogP contribution < -0.4 is 0 Å². The summed E-state index contributed by atoms with van der Waals surface area (Å²) >= 11 is 0. The Balaban J connectivity index is 1.99. The molecule has 0 atom stereocenters. The predicted octanol–water partition coefficient (Wildman–Crippen LogP) is 7.36. The zero-order valence-electron chi connectivity index (χ0n) is 22.9. The van der Waals surface area contributed by atoms with Crippen molar-refractivity contribution in [1.82, 2.24) is 9.97 Å². The van der Waals surface area contributed by atoms with E-state index in [0.717, 1.165) is 22.3 Å². The van der Waals surface area contributed by atoms with E-state index in [1.807, 2.05) is 39.0 Å². The van der Waals surface area contributed by atoms with Gasteiger partial charge < -0.3 is 10.2 Å². The van der Waals surface area contributed by atoms with Crippen molar-refractivity contribution in [3.05, 3.63) is 88.2 Å². The maximum atomic E-state index is 13.1. The van der Waals surface area contributed by atoms with E-state index < -0.39 is 29.3 Å². The number of rotatable bonds is 9. The maximum Gasteiger partial charge on any atom is 0.430 e. The molecule has 0 bridgehead atoms. The summed E-state index contributed by atoms with van der Waals surface area (Å²) in [5.41, 5.74) is -1.04. The number of aliphatic hydroxyl groups is 1. The molecule has 0 radical (unpaired) electrons. The molecule has 0 amide bonds. The summed E-state index contributed by atoms with van der Waals surface area (Å²) in [4.78, 5) is 19.5. The van der Waals surface area contributed by atoms with E-state index in [0.29, 0.717) is 35.9 Å². The molecule has 11 heteroatoms. The number of carbonyl (C=O) groups is 1. The van der Waals surface area contributed by atoms with E-state index >= 15 is 0 Å². The van der Waals surface area contributed by atoms with Gasteiger partial charge in [-0.15, -0.1) is 0 Å². The van der Waals surface area contributed by atoms with E-state index in [1.54, 1.807) is 19.1 Å². The van der Waals surface area contributed by atoms with E-state index in [9.17, 15) is 36.2 Å². The fraction of sp³-hybridized carbons (Fsp3) is 0.367. The Kier molecular flexibility index (Phi) is 9.02. The highest BCUT2D eigenvalue weighted by Crippen LogP contribution is 2.45. The summed E-state index contributed by atoms with van der Waals surface area (Å²) in [6.07, 6.45) is -7.45. The molecule has 1 aromatic heterocycles. The molecule has 0 spiro atoms. The first-order chi connectivity index (χ1) is 19.0. The lowest BCUT2D eigenvalue weighted by atomic mass is 9.69. The minimum atomic E-state index is -5.94. The summed E-state index contributed by atoms with van der Waals surface area (Å²) in [5.74, 6) is -0.549. The van der Waals surface area contributed by atoms with E-state index in [1.165, 1.54) is 18.5 Å². The smallest absolute Gasteiger partial charge is 0.430 e. The minimum absolute atomic E-state index is 0.108. The maximum absolute atomic E-state index is 13.1. The molecule has 220 valence electrons. The summed E-state index contributed by atoms with van der Waals surface area (Å²) in [5, 5.41) is 18.4. The third kappa shape index (κ3) is 6.29. The molecule has 0 saturated heterocycles. The Morgan fingerprint density at radius 1 is 0.854 bits per heavy atom. The van der Waals surface area contributed by atoms with Crippen molar-refractivity contribution in [3.63, 3.8) is 0 Å². The standard InChI is InChI=1S/C30H30F6N2O3/c1-5-27(6-2,23-9-10-24(19(4)14-23)26-37-16-20(17-38-26)15-25(39)40)22-8-7-21(18(3)13-22)11-12-28(41,29(31,32)33)30(34,35)36/h7-14,16-17,41H,5-6,15H2,1-4H3,(H,39,40). The average molecular weight is 581 g/mol. The molecular formula is C30H30F6N2O3. The molecule has 0 aliphatic carbocycles. The van der Waals surface area contributed by atoms with Crippen LogP contribution in [0.5, 0.6) is 0 Å². The molecule has 0 aliphatic rings. The van der Waals surface area contributed by atoms with Crippen LogP contribution in [0, 0.1) is 13.8 Å². The van der Waals surface area contributed by atoms with Crippen molar-refractivity contribution < 1.29 is 41.4 Å². The van der Waals surface area contributed by atoms with Gasteiger partial charge in [0.05, 0.1) is 6.42 Å². The first-order valence-electron chi connectivity index (χ1n) is 12.8. The van der Waals surface area contributed by atoms with Gasteiger partial charge in [-0.05, 0) is 66.1 Å². The van der Waals surface area contributed by atoms with Gasteiger partial charge in [0, 0.05) is 23.4 Å². The summed E-state index contributed by atoms with van der Waals surface area (Å²) < 4.78 is 78.5. The number of hydrogen-bond donors (Lipinski definition) is 2. The lowest BCUT2D eigenvalue weighted by molar-refractivity contribution is -0.347. The first kappa shape index (κ1) is 31.8. The van der Waals surface area contributed by atoms with Crippen LogP contribution in [0.1, 0.15) is 60.1 Å². The third-order valence-corrected chi connectivity index (χ3v) is 7.48. The van der Waals surface area contributed by atoms with Gasteiger partial charge in [-0.25, -0.2) is 9.97 Å². The molecule has 0 aliphatic heterocycles. The Labute approximate surface area is 233 Å². The van der Waals surface area contributed by atoms with Crippen molar-refractivity contribution in [2.24, 2.45) is 0 Å². The fourth-order valence-corrected chi connectivity index (χ4v) is 4.93. The molecule has 1 heterocycles. The Bertz CT molecular complexity index is 1410. The molecule has 5 nitrogen and oxygen atoms in total. The van der Waals surface area contributed by atoms with Crippen LogP contribution in [-0.2, 0) is 16.6 Å². The Morgan fingerprint density at radius 3 is 1.80 bits per heavy atom. The van der Waals surface area contributed by atoms with Gasteiger partial charge in [-0.1, -0.05) is 56.3 Å². The number of hydrogen-bond acceptors (Lipinski definition) is 4. The lowest BCUT2D eigenvalue weighted by Gasteiger charge is -2.34. The molecule has 3 aromatic rings. The number of carboxylic acids is 1. The zero-order chi connectivity index (χ0) is 30.8. The molecular weight excluding hydrogens is 550 g/mol. The number of aliphatic carboxylic acids is 1. The zero-order valence-corrected chi connectivity index (χ0v) is 22.9. The largest absolute Gasteiger partial charge is 0.481 e. The quantitative estimate of drug-likeness (QED) is 0.259. The Hall–Kier alpha value is -3.73. The van der Waals surface area contributed by atoms with E-state index in [-0.39, 0.29) is 18.1 Å². The second-order valence-corrected chi connectivity index (χ2v) is 9.97. The van der Waals surface area contributed by atoms with Gasteiger partial charge in [-0.3, -0.25) is 4.79 Å². The van der Waals surface area contributed by atoms with Gasteiger partial charge in [0.15, 0.2) is 5.82 Å². The molecule has 41 heavy (non-hydrogen) atoms. The molecule has 2 N–H and O–H groups in total. The number of alkyl halides is 6. The molecule has 0 unspecified atom stereocenters. The highest BCUT2D eigenvalue weighted by Gasteiger charge is 2.68. The van der Waals surface area contributed by atoms with E-state index in [2.05, 4.69) is 9.97 Å². The lowest BCUT2D eigenvalue weighted by Crippen LogP contribution is -2.55. The summed E-state index contributed by atoms with van der Waals surface area (Å²) in [7, 11) is 0. The van der Waals surface area contributed by atoms with Gasteiger partial charge in [0.2, 0.25) is 0 Å². The van der Waals surface area contributed by atoms with Gasteiger partial charge in [-0.2, -0.15) is 26.3 Å². The topological polar surface area (TPSA) is 83.3 Å². The highest BCUT2D eigenvalue weighted by molar-refractivity contribution is 5.70. The van der Waals surface area contributed by atoms with Crippen LogP contribution in [0.15, 0.2) is 54.9 Å². The molecule has 3 rings (SSSR count). The highest BCUT2D eigenvalue weighted by atomic mass is 19.4. The number of aromatic nitrogens is 2. The summed E-state index contributed by atoms with van der Waals surface area (Å²) in [6.45, 7) is 7.46.